The van der Waals surface area contributed by atoms with Gasteiger partial charge in [0, 0.05) is 19.3 Å². The maximum absolute atomic E-state index is 12.1. The van der Waals surface area contributed by atoms with Gasteiger partial charge in [-0.05, 0) is 36.8 Å². The Balaban J connectivity index is 1.57. The van der Waals surface area contributed by atoms with Gasteiger partial charge in [-0.15, -0.1) is 0 Å². The van der Waals surface area contributed by atoms with Gasteiger partial charge in [-0.1, -0.05) is 74.5 Å². The van der Waals surface area contributed by atoms with Crippen LogP contribution in [-0.2, 0) is 9.63 Å². The first-order valence-electron chi connectivity index (χ1n) is 10.8. The van der Waals surface area contributed by atoms with Gasteiger partial charge in [0.15, 0.2) is 0 Å². The number of hydrogen-bond acceptors (Lipinski definition) is 4. The normalized spacial score (nSPS) is 12.0. The number of carbonyl (C=O) groups is 3. The van der Waals surface area contributed by atoms with E-state index >= 15 is 0 Å². The van der Waals surface area contributed by atoms with Gasteiger partial charge in [0.05, 0.1) is 11.1 Å². The van der Waals surface area contributed by atoms with Crippen LogP contribution < -0.4 is 0 Å². The third-order valence-corrected chi connectivity index (χ3v) is 4.78. The molecule has 158 valence electrons. The van der Waals surface area contributed by atoms with Gasteiger partial charge < -0.3 is 4.84 Å². The summed E-state index contributed by atoms with van der Waals surface area (Å²) in [5.74, 6) is 9.75. The number of nitrogens with zero attached hydrogens (tertiary/aromatic N) is 1. The molecule has 1 aromatic carbocycles. The van der Waals surface area contributed by atoms with E-state index in [1.54, 1.807) is 12.1 Å². The largest absolute Gasteiger partial charge is 0.333 e. The van der Waals surface area contributed by atoms with Crippen molar-refractivity contribution in [3.63, 3.8) is 0 Å². The number of hydrogen-bond donors (Lipinski definition) is 0. The maximum Gasteiger partial charge on any atom is 0.333 e. The summed E-state index contributed by atoms with van der Waals surface area (Å²) in [4.78, 5) is 41.1. The van der Waals surface area contributed by atoms with Gasteiger partial charge in [-0.3, -0.25) is 9.59 Å². The van der Waals surface area contributed by atoms with Crippen LogP contribution in [0.2, 0.25) is 0 Å². The van der Waals surface area contributed by atoms with Gasteiger partial charge in [0.25, 0.3) is 11.8 Å². The molecule has 1 aromatic rings. The zero-order chi connectivity index (χ0) is 21.6. The number of fused-ring (bicyclic) bond motifs is 1. The Labute approximate surface area is 179 Å². The average Bonchev–Trinajstić information content (AvgIpc) is 2.99. The molecule has 0 atom stereocenters. The van der Waals surface area contributed by atoms with E-state index in [2.05, 4.69) is 30.6 Å². The van der Waals surface area contributed by atoms with Gasteiger partial charge in [0.1, 0.15) is 0 Å². The van der Waals surface area contributed by atoms with Crippen LogP contribution in [0.15, 0.2) is 24.3 Å². The number of carbonyl (C=O) groups excluding carboxylic acids is 3. The lowest BCUT2D eigenvalue weighted by atomic mass is 10.1. The highest BCUT2D eigenvalue weighted by atomic mass is 16.7. The van der Waals surface area contributed by atoms with E-state index in [9.17, 15) is 14.4 Å². The monoisotopic (exact) mass is 407 g/mol. The van der Waals surface area contributed by atoms with Crippen molar-refractivity contribution < 1.29 is 19.2 Å². The summed E-state index contributed by atoms with van der Waals surface area (Å²) in [5, 5.41) is 0.536. The van der Waals surface area contributed by atoms with Crippen molar-refractivity contribution in [3.8, 4) is 23.7 Å². The quantitative estimate of drug-likeness (QED) is 0.292. The molecule has 0 bridgehead atoms. The Kier molecular flexibility index (Phi) is 10.2. The zero-order valence-electron chi connectivity index (χ0n) is 17.7. The van der Waals surface area contributed by atoms with Crippen LogP contribution in [0.3, 0.4) is 0 Å². The van der Waals surface area contributed by atoms with E-state index in [0.29, 0.717) is 17.9 Å². The molecule has 1 aliphatic heterocycles. The van der Waals surface area contributed by atoms with Crippen LogP contribution in [0.25, 0.3) is 0 Å². The molecule has 0 unspecified atom stereocenters. The molecule has 5 nitrogen and oxygen atoms in total. The summed E-state index contributed by atoms with van der Waals surface area (Å²) >= 11 is 0. The smallest absolute Gasteiger partial charge is 0.330 e. The van der Waals surface area contributed by atoms with Crippen molar-refractivity contribution >= 4 is 17.8 Å². The van der Waals surface area contributed by atoms with Crippen LogP contribution in [0.4, 0.5) is 0 Å². The van der Waals surface area contributed by atoms with E-state index in [4.69, 9.17) is 4.84 Å². The fraction of sp³-hybridized carbons (Fsp3) is 0.480. The molecule has 0 aromatic heterocycles. The molecular formula is C25H29NO4. The molecule has 0 aliphatic carbocycles. The van der Waals surface area contributed by atoms with Gasteiger partial charge >= 0.3 is 5.97 Å². The van der Waals surface area contributed by atoms with E-state index in [1.165, 1.54) is 50.7 Å². The fourth-order valence-electron chi connectivity index (χ4n) is 3.10. The molecule has 2 rings (SSSR count). The number of rotatable bonds is 11. The zero-order valence-corrected chi connectivity index (χ0v) is 17.7. The second-order valence-electron chi connectivity index (χ2n) is 7.24. The third kappa shape index (κ3) is 7.41. The summed E-state index contributed by atoms with van der Waals surface area (Å²) in [6.07, 6.45) is 10.8. The van der Waals surface area contributed by atoms with E-state index < -0.39 is 17.8 Å². The fourth-order valence-corrected chi connectivity index (χ4v) is 3.10. The SMILES string of the molecule is CCCCCCCCCC#CC#CCCCC(=O)ON1C(=O)c2ccccc2C1=O. The first-order chi connectivity index (χ1) is 14.6. The van der Waals surface area contributed by atoms with Crippen molar-refractivity contribution in [1.82, 2.24) is 5.06 Å². The van der Waals surface area contributed by atoms with E-state index in [0.717, 1.165) is 12.8 Å². The number of amides is 2. The summed E-state index contributed by atoms with van der Waals surface area (Å²) in [6.45, 7) is 2.22. The van der Waals surface area contributed by atoms with E-state index in [1.807, 2.05) is 0 Å². The maximum atomic E-state index is 12.1. The van der Waals surface area contributed by atoms with Crippen molar-refractivity contribution in [3.05, 3.63) is 35.4 Å². The van der Waals surface area contributed by atoms with Crippen molar-refractivity contribution in [2.24, 2.45) is 0 Å². The molecular weight excluding hydrogens is 378 g/mol. The average molecular weight is 408 g/mol. The number of hydroxylamine groups is 2. The molecule has 0 N–H and O–H groups in total. The lowest BCUT2D eigenvalue weighted by Gasteiger charge is -2.12. The summed E-state index contributed by atoms with van der Waals surface area (Å²) in [5.41, 5.74) is 0.493. The molecule has 0 saturated carbocycles. The number of unbranched alkanes of at least 4 members (excludes halogenated alkanes) is 8. The summed E-state index contributed by atoms with van der Waals surface area (Å²) < 4.78 is 0. The van der Waals surface area contributed by atoms with Crippen molar-refractivity contribution in [1.29, 1.82) is 0 Å². The Morgan fingerprint density at radius 1 is 0.833 bits per heavy atom. The van der Waals surface area contributed by atoms with Crippen molar-refractivity contribution in [2.75, 3.05) is 0 Å². The minimum absolute atomic E-state index is 0.0769. The summed E-state index contributed by atoms with van der Waals surface area (Å²) in [6, 6.07) is 6.39. The van der Waals surface area contributed by atoms with Crippen LogP contribution in [-0.4, -0.2) is 22.8 Å². The molecule has 1 aliphatic rings. The predicted molar refractivity (Wildman–Crippen MR) is 115 cm³/mol. The van der Waals surface area contributed by atoms with E-state index in [-0.39, 0.29) is 17.5 Å². The first-order valence-corrected chi connectivity index (χ1v) is 10.8. The lowest BCUT2D eigenvalue weighted by Crippen LogP contribution is -2.32. The molecule has 2 amide bonds. The number of imide groups is 1. The predicted octanol–water partition coefficient (Wildman–Crippen LogP) is 5.06. The Hall–Kier alpha value is -3.05. The Morgan fingerprint density at radius 2 is 1.37 bits per heavy atom. The Morgan fingerprint density at radius 3 is 1.97 bits per heavy atom. The molecule has 0 spiro atoms. The molecule has 0 fully saturated rings. The first kappa shape index (κ1) is 23.2. The minimum Gasteiger partial charge on any atom is -0.330 e. The number of benzene rings is 1. The van der Waals surface area contributed by atoms with Gasteiger partial charge in [-0.25, -0.2) is 4.79 Å². The second kappa shape index (κ2) is 13.2. The minimum atomic E-state index is -0.628. The highest BCUT2D eigenvalue weighted by Crippen LogP contribution is 2.22. The lowest BCUT2D eigenvalue weighted by molar-refractivity contribution is -0.168. The molecule has 5 heteroatoms. The standard InChI is InChI=1S/C25H29NO4/c1-2-3-4-5-6-7-8-9-10-11-12-13-14-15-20-23(27)30-26-24(28)21-18-16-17-19-22(21)25(26)29/h16-19H,2-9,14-15,20H2,1H3. The molecule has 0 radical (unpaired) electrons. The van der Waals surface area contributed by atoms with Crippen LogP contribution >= 0.6 is 0 Å². The van der Waals surface area contributed by atoms with Crippen LogP contribution in [0.1, 0.15) is 98.3 Å². The summed E-state index contributed by atoms with van der Waals surface area (Å²) in [7, 11) is 0. The highest BCUT2D eigenvalue weighted by molar-refractivity contribution is 6.20. The third-order valence-electron chi connectivity index (χ3n) is 4.78. The highest BCUT2D eigenvalue weighted by Gasteiger charge is 2.38. The second-order valence-corrected chi connectivity index (χ2v) is 7.24. The van der Waals surface area contributed by atoms with Crippen molar-refractivity contribution in [2.45, 2.75) is 77.6 Å². The van der Waals surface area contributed by atoms with Gasteiger partial charge in [-0.2, -0.15) is 0 Å². The molecule has 1 heterocycles. The molecule has 0 saturated heterocycles. The topological polar surface area (TPSA) is 63.7 Å². The molecule has 30 heavy (non-hydrogen) atoms. The van der Waals surface area contributed by atoms with Crippen LogP contribution in [0.5, 0.6) is 0 Å². The Bertz CT molecular complexity index is 831. The van der Waals surface area contributed by atoms with Gasteiger partial charge in [0.2, 0.25) is 0 Å². The van der Waals surface area contributed by atoms with Crippen LogP contribution in [0, 0.1) is 23.7 Å².